The van der Waals surface area contributed by atoms with Gasteiger partial charge in [-0.25, -0.2) is 0 Å². The number of hydrogen-bond donors (Lipinski definition) is 0. The van der Waals surface area contributed by atoms with Crippen molar-refractivity contribution in [1.29, 1.82) is 0 Å². The summed E-state index contributed by atoms with van der Waals surface area (Å²) < 4.78 is 0. The molecule has 0 unspecified atom stereocenters. The molecular formula is C27H24. The van der Waals surface area contributed by atoms with Crippen molar-refractivity contribution in [2.45, 2.75) is 6.42 Å². The van der Waals surface area contributed by atoms with E-state index in [0.717, 1.165) is 17.6 Å². The number of rotatable bonds is 7. The first kappa shape index (κ1) is 18.4. The van der Waals surface area contributed by atoms with E-state index in [4.69, 9.17) is 0 Å². The smallest absolute Gasteiger partial charge is 0.00316 e. The van der Waals surface area contributed by atoms with Crippen LogP contribution in [-0.4, -0.2) is 0 Å². The van der Waals surface area contributed by atoms with Crippen LogP contribution in [-0.2, 0) is 6.42 Å². The van der Waals surface area contributed by atoms with Gasteiger partial charge in [0.15, 0.2) is 0 Å². The first-order valence-electron chi connectivity index (χ1n) is 9.14. The molecule has 0 aromatic heterocycles. The van der Waals surface area contributed by atoms with Gasteiger partial charge >= 0.3 is 0 Å². The Hall–Kier alpha value is -3.38. The van der Waals surface area contributed by atoms with E-state index in [1.54, 1.807) is 0 Å². The highest BCUT2D eigenvalue weighted by atomic mass is 14.0. The lowest BCUT2D eigenvalue weighted by molar-refractivity contribution is 1.21. The second kappa shape index (κ2) is 9.35. The molecule has 3 aromatic rings. The van der Waals surface area contributed by atoms with Gasteiger partial charge in [-0.3, -0.25) is 0 Å². The van der Waals surface area contributed by atoms with E-state index in [2.05, 4.69) is 86.0 Å². The summed E-state index contributed by atoms with van der Waals surface area (Å²) in [7, 11) is 0. The van der Waals surface area contributed by atoms with Crippen LogP contribution in [0.25, 0.3) is 16.7 Å². The summed E-state index contributed by atoms with van der Waals surface area (Å²) in [4.78, 5) is 0. The Labute approximate surface area is 162 Å². The van der Waals surface area contributed by atoms with Gasteiger partial charge in [0.05, 0.1) is 0 Å². The normalized spacial score (nSPS) is 11.5. The van der Waals surface area contributed by atoms with Gasteiger partial charge in [-0.1, -0.05) is 128 Å². The van der Waals surface area contributed by atoms with Crippen LogP contribution in [0.4, 0.5) is 0 Å². The molecule has 0 N–H and O–H groups in total. The van der Waals surface area contributed by atoms with Crippen LogP contribution in [0, 0.1) is 0 Å². The Morgan fingerprint density at radius 3 is 1.93 bits per heavy atom. The molecule has 0 amide bonds. The largest absolute Gasteiger partial charge is 0.0990 e. The van der Waals surface area contributed by atoms with Crippen LogP contribution in [0.5, 0.6) is 0 Å². The Kier molecular flexibility index (Phi) is 6.38. The summed E-state index contributed by atoms with van der Waals surface area (Å²) in [5.74, 6) is 0. The second-order valence-corrected chi connectivity index (χ2v) is 6.46. The summed E-state index contributed by atoms with van der Waals surface area (Å²) in [6.45, 7) is 8.04. The number of benzene rings is 3. The van der Waals surface area contributed by atoms with Gasteiger partial charge in [-0.15, -0.1) is 0 Å². The third kappa shape index (κ3) is 5.29. The molecule has 0 aliphatic heterocycles. The number of hydrogen-bond acceptors (Lipinski definition) is 0. The first-order valence-corrected chi connectivity index (χ1v) is 9.14. The molecule has 0 atom stereocenters. The monoisotopic (exact) mass is 348 g/mol. The summed E-state index contributed by atoms with van der Waals surface area (Å²) in [5.41, 5.74) is 7.12. The van der Waals surface area contributed by atoms with Crippen molar-refractivity contribution in [2.24, 2.45) is 0 Å². The average molecular weight is 348 g/mol. The van der Waals surface area contributed by atoms with Gasteiger partial charge in [-0.2, -0.15) is 0 Å². The summed E-state index contributed by atoms with van der Waals surface area (Å²) >= 11 is 0. The molecule has 0 aliphatic rings. The molecule has 3 rings (SSSR count). The summed E-state index contributed by atoms with van der Waals surface area (Å²) in [5, 5.41) is 0. The van der Waals surface area contributed by atoms with Crippen molar-refractivity contribution >= 4 is 5.57 Å². The molecule has 0 heteroatoms. The van der Waals surface area contributed by atoms with E-state index >= 15 is 0 Å². The van der Waals surface area contributed by atoms with Crippen molar-refractivity contribution in [2.75, 3.05) is 0 Å². The van der Waals surface area contributed by atoms with Crippen molar-refractivity contribution in [3.05, 3.63) is 139 Å². The molecule has 27 heavy (non-hydrogen) atoms. The summed E-state index contributed by atoms with van der Waals surface area (Å²) in [6, 6.07) is 29.5. The zero-order valence-electron chi connectivity index (χ0n) is 15.5. The van der Waals surface area contributed by atoms with Gasteiger partial charge in [0, 0.05) is 0 Å². The Morgan fingerprint density at radius 1 is 0.704 bits per heavy atom. The van der Waals surface area contributed by atoms with Crippen molar-refractivity contribution in [1.82, 2.24) is 0 Å². The molecule has 132 valence electrons. The summed E-state index contributed by atoms with van der Waals surface area (Å²) in [6.07, 6.45) is 8.87. The maximum Gasteiger partial charge on any atom is -0.00316 e. The Balaban J connectivity index is 1.67. The highest BCUT2D eigenvalue weighted by Crippen LogP contribution is 2.21. The van der Waals surface area contributed by atoms with E-state index in [9.17, 15) is 0 Å². The average Bonchev–Trinajstić information content (AvgIpc) is 2.73. The molecule has 0 heterocycles. The molecular weight excluding hydrogens is 324 g/mol. The molecule has 0 aliphatic carbocycles. The molecule has 0 bridgehead atoms. The topological polar surface area (TPSA) is 0 Å². The SMILES string of the molecule is C=C/C=C(\C=C/C(=C)Cc1ccc(-c2ccccc2)cc1)c1ccccc1. The van der Waals surface area contributed by atoms with Crippen molar-refractivity contribution < 1.29 is 0 Å². The number of allylic oxidation sites excluding steroid dienone is 6. The van der Waals surface area contributed by atoms with Crippen LogP contribution < -0.4 is 0 Å². The second-order valence-electron chi connectivity index (χ2n) is 6.46. The first-order chi connectivity index (χ1) is 13.3. The predicted molar refractivity (Wildman–Crippen MR) is 118 cm³/mol. The van der Waals surface area contributed by atoms with Crippen molar-refractivity contribution in [3.63, 3.8) is 0 Å². The predicted octanol–water partition coefficient (Wildman–Crippen LogP) is 7.28. The quantitative estimate of drug-likeness (QED) is 0.394. The zero-order valence-corrected chi connectivity index (χ0v) is 15.5. The lowest BCUT2D eigenvalue weighted by Crippen LogP contribution is -1.88. The lowest BCUT2D eigenvalue weighted by Gasteiger charge is -2.06. The molecule has 3 aromatic carbocycles. The van der Waals surface area contributed by atoms with E-state index in [1.165, 1.54) is 22.3 Å². The van der Waals surface area contributed by atoms with E-state index < -0.39 is 0 Å². The van der Waals surface area contributed by atoms with Crippen LogP contribution >= 0.6 is 0 Å². The van der Waals surface area contributed by atoms with Crippen LogP contribution in [0.1, 0.15) is 11.1 Å². The third-order valence-electron chi connectivity index (χ3n) is 4.40. The molecule has 0 saturated heterocycles. The van der Waals surface area contributed by atoms with Gasteiger partial charge in [0.2, 0.25) is 0 Å². The van der Waals surface area contributed by atoms with Crippen LogP contribution in [0.3, 0.4) is 0 Å². The minimum absolute atomic E-state index is 0.835. The van der Waals surface area contributed by atoms with E-state index in [1.807, 2.05) is 36.4 Å². The Morgan fingerprint density at radius 2 is 1.30 bits per heavy atom. The molecule has 0 nitrogen and oxygen atoms in total. The zero-order chi connectivity index (χ0) is 18.9. The highest BCUT2D eigenvalue weighted by molar-refractivity contribution is 5.75. The molecule has 0 spiro atoms. The fourth-order valence-electron chi connectivity index (χ4n) is 2.98. The van der Waals surface area contributed by atoms with Gasteiger partial charge in [-0.05, 0) is 34.2 Å². The fourth-order valence-corrected chi connectivity index (χ4v) is 2.98. The highest BCUT2D eigenvalue weighted by Gasteiger charge is 2.00. The van der Waals surface area contributed by atoms with Crippen LogP contribution in [0.15, 0.2) is 128 Å². The van der Waals surface area contributed by atoms with E-state index in [-0.39, 0.29) is 0 Å². The Bertz CT molecular complexity index is 940. The third-order valence-corrected chi connectivity index (χ3v) is 4.40. The molecule has 0 radical (unpaired) electrons. The fraction of sp³-hybridized carbons (Fsp3) is 0.0370. The lowest BCUT2D eigenvalue weighted by atomic mass is 9.99. The van der Waals surface area contributed by atoms with Crippen molar-refractivity contribution in [3.8, 4) is 11.1 Å². The maximum absolute atomic E-state index is 4.22. The van der Waals surface area contributed by atoms with E-state index in [0.29, 0.717) is 0 Å². The van der Waals surface area contributed by atoms with Gasteiger partial charge in [0.1, 0.15) is 0 Å². The molecule has 0 saturated carbocycles. The minimum Gasteiger partial charge on any atom is -0.0990 e. The van der Waals surface area contributed by atoms with Gasteiger partial charge in [0.25, 0.3) is 0 Å². The minimum atomic E-state index is 0.835. The maximum atomic E-state index is 4.22. The molecule has 0 fully saturated rings. The standard InChI is InChI=1S/C27H24/c1-3-10-24(25-11-6-4-7-12-25)18-15-22(2)21-23-16-19-27(20-17-23)26-13-8-5-9-14-26/h3-20H,1-2,21H2/b18-15-,24-10+. The van der Waals surface area contributed by atoms with Gasteiger partial charge < -0.3 is 0 Å². The van der Waals surface area contributed by atoms with Crippen LogP contribution in [0.2, 0.25) is 0 Å².